The topological polar surface area (TPSA) is 51.2 Å². The average Bonchev–Trinajstić information content (AvgIpc) is 3.31. The van der Waals surface area contributed by atoms with Crippen molar-refractivity contribution in [3.8, 4) is 5.75 Å². The van der Waals surface area contributed by atoms with Crippen molar-refractivity contribution in [3.63, 3.8) is 0 Å². The number of ether oxygens (including phenoxy) is 1. The van der Waals surface area contributed by atoms with Crippen molar-refractivity contribution in [2.24, 2.45) is 0 Å². The molecule has 0 saturated carbocycles. The Kier molecular flexibility index (Phi) is 6.13. The van der Waals surface area contributed by atoms with Gasteiger partial charge in [-0.15, -0.1) is 11.3 Å². The molecule has 1 amide bonds. The van der Waals surface area contributed by atoms with Crippen molar-refractivity contribution in [1.82, 2.24) is 4.98 Å². The fourth-order valence-electron chi connectivity index (χ4n) is 3.81. The van der Waals surface area contributed by atoms with E-state index >= 15 is 0 Å². The fraction of sp³-hybridized carbons (Fsp3) is 0.0714. The van der Waals surface area contributed by atoms with Crippen LogP contribution in [0.2, 0.25) is 0 Å². The molecule has 33 heavy (non-hydrogen) atoms. The highest BCUT2D eigenvalue weighted by Gasteiger charge is 2.23. The molecule has 5 heteroatoms. The second kappa shape index (κ2) is 9.67. The summed E-state index contributed by atoms with van der Waals surface area (Å²) in [4.78, 5) is 17.8. The van der Waals surface area contributed by atoms with Crippen molar-refractivity contribution in [2.75, 3.05) is 5.32 Å². The van der Waals surface area contributed by atoms with Gasteiger partial charge in [0.05, 0.1) is 11.6 Å². The average molecular weight is 451 g/mol. The number of nitrogens with one attached hydrogen (secondary N) is 1. The van der Waals surface area contributed by atoms with E-state index in [-0.39, 0.29) is 5.91 Å². The first-order valence-corrected chi connectivity index (χ1v) is 11.6. The summed E-state index contributed by atoms with van der Waals surface area (Å²) in [6.45, 7) is 0.339. The molecule has 5 rings (SSSR count). The summed E-state index contributed by atoms with van der Waals surface area (Å²) < 4.78 is 5.94. The summed E-state index contributed by atoms with van der Waals surface area (Å²) in [5.41, 5.74) is 2.66. The number of thiazole rings is 1. The van der Waals surface area contributed by atoms with Crippen LogP contribution in [0.15, 0.2) is 109 Å². The van der Waals surface area contributed by atoms with Gasteiger partial charge in [0, 0.05) is 5.38 Å². The Morgan fingerprint density at radius 3 is 2.15 bits per heavy atom. The van der Waals surface area contributed by atoms with Crippen molar-refractivity contribution >= 4 is 33.1 Å². The zero-order valence-electron chi connectivity index (χ0n) is 17.8. The molecule has 162 valence electrons. The lowest BCUT2D eigenvalue weighted by molar-refractivity contribution is -0.116. The lowest BCUT2D eigenvalue weighted by atomic mass is 9.90. The molecule has 1 N–H and O–H groups in total. The highest BCUT2D eigenvalue weighted by atomic mass is 32.1. The van der Waals surface area contributed by atoms with Gasteiger partial charge in [-0.3, -0.25) is 4.79 Å². The van der Waals surface area contributed by atoms with Crippen LogP contribution in [0.4, 0.5) is 5.13 Å². The Hall–Kier alpha value is -3.96. The smallest absolute Gasteiger partial charge is 0.238 e. The van der Waals surface area contributed by atoms with Crippen LogP contribution in [0.3, 0.4) is 0 Å². The van der Waals surface area contributed by atoms with E-state index in [2.05, 4.69) is 22.4 Å². The van der Waals surface area contributed by atoms with Gasteiger partial charge < -0.3 is 10.1 Å². The third-order valence-electron chi connectivity index (χ3n) is 5.42. The van der Waals surface area contributed by atoms with Gasteiger partial charge in [-0.2, -0.15) is 0 Å². The summed E-state index contributed by atoms with van der Waals surface area (Å²) in [5.74, 6) is 0.276. The zero-order chi connectivity index (χ0) is 22.5. The van der Waals surface area contributed by atoms with E-state index < -0.39 is 5.92 Å². The van der Waals surface area contributed by atoms with Crippen LogP contribution >= 0.6 is 11.3 Å². The lowest BCUT2D eigenvalue weighted by Gasteiger charge is -2.17. The molecular formula is C28H22N2O2S. The highest BCUT2D eigenvalue weighted by Crippen LogP contribution is 2.27. The van der Waals surface area contributed by atoms with Gasteiger partial charge >= 0.3 is 0 Å². The monoisotopic (exact) mass is 450 g/mol. The Bertz CT molecular complexity index is 1330. The van der Waals surface area contributed by atoms with Gasteiger partial charge in [-0.1, -0.05) is 91.0 Å². The van der Waals surface area contributed by atoms with Gasteiger partial charge in [0.2, 0.25) is 5.91 Å². The van der Waals surface area contributed by atoms with E-state index in [1.807, 2.05) is 96.4 Å². The third-order valence-corrected chi connectivity index (χ3v) is 6.22. The lowest BCUT2D eigenvalue weighted by Crippen LogP contribution is -2.22. The number of anilines is 1. The molecule has 0 aliphatic carbocycles. The second-order valence-electron chi connectivity index (χ2n) is 7.69. The maximum Gasteiger partial charge on any atom is 0.238 e. The van der Waals surface area contributed by atoms with Crippen molar-refractivity contribution in [3.05, 3.63) is 125 Å². The molecule has 0 fully saturated rings. The fourth-order valence-corrected chi connectivity index (χ4v) is 4.51. The summed E-state index contributed by atoms with van der Waals surface area (Å²) >= 11 is 1.40. The van der Waals surface area contributed by atoms with E-state index in [0.29, 0.717) is 11.7 Å². The second-order valence-corrected chi connectivity index (χ2v) is 8.54. The minimum absolute atomic E-state index is 0.108. The zero-order valence-corrected chi connectivity index (χ0v) is 18.7. The standard InChI is InChI=1S/C28H22N2O2S/c31-27(26(21-10-3-1-4-11-21)22-12-5-2-6-13-22)30-28-29-24(19-33-28)18-32-25-16-15-20-9-7-8-14-23(20)17-25/h1-17,19,26H,18H2,(H,29,30,31). The third kappa shape index (κ3) is 4.94. The number of rotatable bonds is 7. The van der Waals surface area contributed by atoms with E-state index in [0.717, 1.165) is 28.0 Å². The molecule has 0 atom stereocenters. The van der Waals surface area contributed by atoms with Gasteiger partial charge in [0.25, 0.3) is 0 Å². The molecule has 4 nitrogen and oxygen atoms in total. The first-order valence-electron chi connectivity index (χ1n) is 10.7. The number of carbonyl (C=O) groups excluding carboxylic acids is 1. The van der Waals surface area contributed by atoms with Crippen molar-refractivity contribution in [2.45, 2.75) is 12.5 Å². The molecule has 1 heterocycles. The van der Waals surface area contributed by atoms with E-state index in [4.69, 9.17) is 4.74 Å². The number of amides is 1. The molecule has 0 bridgehead atoms. The molecule has 0 aliphatic rings. The number of fused-ring (bicyclic) bond motifs is 1. The van der Waals surface area contributed by atoms with Crippen LogP contribution in [0.5, 0.6) is 5.75 Å². The maximum atomic E-state index is 13.3. The predicted molar refractivity (Wildman–Crippen MR) is 134 cm³/mol. The minimum atomic E-state index is -0.409. The first kappa shape index (κ1) is 20.9. The molecule has 0 saturated heterocycles. The molecule has 0 aliphatic heterocycles. The number of hydrogen-bond donors (Lipinski definition) is 1. The first-order chi connectivity index (χ1) is 16.3. The SMILES string of the molecule is O=C(Nc1nc(COc2ccc3ccccc3c2)cs1)C(c1ccccc1)c1ccccc1. The van der Waals surface area contributed by atoms with Crippen molar-refractivity contribution in [1.29, 1.82) is 0 Å². The number of benzene rings is 4. The molecule has 0 radical (unpaired) electrons. The summed E-state index contributed by atoms with van der Waals surface area (Å²) in [6.07, 6.45) is 0. The minimum Gasteiger partial charge on any atom is -0.487 e. The van der Waals surface area contributed by atoms with E-state index in [1.165, 1.54) is 16.7 Å². The Balaban J connectivity index is 1.28. The quantitative estimate of drug-likeness (QED) is 0.302. The predicted octanol–water partition coefficient (Wildman–Crippen LogP) is 6.65. The summed E-state index contributed by atoms with van der Waals surface area (Å²) in [5, 5.41) is 7.78. The van der Waals surface area contributed by atoms with E-state index in [9.17, 15) is 4.79 Å². The van der Waals surface area contributed by atoms with Crippen LogP contribution in [0.1, 0.15) is 22.7 Å². The molecule has 0 spiro atoms. The Morgan fingerprint density at radius 1 is 0.818 bits per heavy atom. The van der Waals surface area contributed by atoms with Gasteiger partial charge in [0.15, 0.2) is 5.13 Å². The number of aromatic nitrogens is 1. The van der Waals surface area contributed by atoms with Gasteiger partial charge in [-0.05, 0) is 34.0 Å². The Morgan fingerprint density at radius 2 is 1.45 bits per heavy atom. The normalized spacial score (nSPS) is 10.9. The molecule has 1 aromatic heterocycles. The largest absolute Gasteiger partial charge is 0.487 e. The molecule has 5 aromatic rings. The summed E-state index contributed by atoms with van der Waals surface area (Å²) in [7, 11) is 0. The summed E-state index contributed by atoms with van der Waals surface area (Å²) in [6, 6.07) is 33.8. The van der Waals surface area contributed by atoms with Gasteiger partial charge in [0.1, 0.15) is 12.4 Å². The van der Waals surface area contributed by atoms with Crippen LogP contribution in [-0.4, -0.2) is 10.9 Å². The number of hydrogen-bond acceptors (Lipinski definition) is 4. The van der Waals surface area contributed by atoms with E-state index in [1.54, 1.807) is 0 Å². The van der Waals surface area contributed by atoms with Crippen LogP contribution in [0, 0.1) is 0 Å². The highest BCUT2D eigenvalue weighted by molar-refractivity contribution is 7.13. The molecule has 4 aromatic carbocycles. The molecular weight excluding hydrogens is 428 g/mol. The molecule has 0 unspecified atom stereocenters. The van der Waals surface area contributed by atoms with Gasteiger partial charge in [-0.25, -0.2) is 4.98 Å². The Labute approximate surface area is 196 Å². The number of nitrogens with zero attached hydrogens (tertiary/aromatic N) is 1. The maximum absolute atomic E-state index is 13.3. The number of carbonyl (C=O) groups is 1. The van der Waals surface area contributed by atoms with Crippen LogP contribution in [-0.2, 0) is 11.4 Å². The van der Waals surface area contributed by atoms with Crippen LogP contribution < -0.4 is 10.1 Å². The van der Waals surface area contributed by atoms with Crippen LogP contribution in [0.25, 0.3) is 10.8 Å². The van der Waals surface area contributed by atoms with Crippen molar-refractivity contribution < 1.29 is 9.53 Å².